The van der Waals surface area contributed by atoms with Crippen molar-refractivity contribution >= 4 is 17.4 Å². The fraction of sp³-hybridized carbons (Fsp3) is 0.111. The first kappa shape index (κ1) is 11.4. The third-order valence-electron chi connectivity index (χ3n) is 1.58. The van der Waals surface area contributed by atoms with Crippen LogP contribution in [-0.4, -0.2) is 16.3 Å². The van der Waals surface area contributed by atoms with Gasteiger partial charge in [-0.3, -0.25) is 10.1 Å². The van der Waals surface area contributed by atoms with Crippen LogP contribution in [0.25, 0.3) is 0 Å². The highest BCUT2D eigenvalue weighted by Gasteiger charge is 2.01. The molecule has 5 nitrogen and oxygen atoms in total. The van der Waals surface area contributed by atoms with E-state index in [4.69, 9.17) is 5.11 Å². The van der Waals surface area contributed by atoms with Crippen LogP contribution < -0.4 is 5.32 Å². The van der Waals surface area contributed by atoms with Crippen LogP contribution in [0, 0.1) is 10.1 Å². The quantitative estimate of drug-likeness (QED) is 0.468. The third-order valence-corrected chi connectivity index (χ3v) is 2.22. The van der Waals surface area contributed by atoms with Gasteiger partial charge in [0.2, 0.25) is 0 Å². The lowest BCUT2D eigenvalue weighted by Crippen LogP contribution is -1.98. The minimum Gasteiger partial charge on any atom is -0.508 e. The van der Waals surface area contributed by atoms with Gasteiger partial charge in [-0.25, -0.2) is 0 Å². The summed E-state index contributed by atoms with van der Waals surface area (Å²) in [7, 11) is 0. The van der Waals surface area contributed by atoms with Crippen LogP contribution in [0.1, 0.15) is 0 Å². The number of phenols is 1. The number of anilines is 1. The molecular weight excluding hydrogens is 216 g/mol. The van der Waals surface area contributed by atoms with Gasteiger partial charge in [-0.15, -0.1) is 11.8 Å². The van der Waals surface area contributed by atoms with Crippen molar-refractivity contribution in [3.63, 3.8) is 0 Å². The van der Waals surface area contributed by atoms with Crippen molar-refractivity contribution in [1.29, 1.82) is 0 Å². The predicted molar refractivity (Wildman–Crippen MR) is 60.3 cm³/mol. The fourth-order valence-corrected chi connectivity index (χ4v) is 1.33. The highest BCUT2D eigenvalue weighted by Crippen LogP contribution is 2.19. The molecule has 0 fully saturated rings. The third kappa shape index (κ3) is 3.90. The minimum absolute atomic E-state index is 0.157. The van der Waals surface area contributed by atoms with Crippen LogP contribution in [-0.2, 0) is 0 Å². The number of rotatable bonds is 4. The zero-order valence-electron chi connectivity index (χ0n) is 8.01. The van der Waals surface area contributed by atoms with E-state index in [1.54, 1.807) is 18.4 Å². The number of nitrogens with zero attached hydrogens (tertiary/aromatic N) is 1. The lowest BCUT2D eigenvalue weighted by Gasteiger charge is -2.05. The molecule has 1 aromatic rings. The van der Waals surface area contributed by atoms with Gasteiger partial charge in [-0.2, -0.15) is 0 Å². The van der Waals surface area contributed by atoms with E-state index in [2.05, 4.69) is 5.32 Å². The van der Waals surface area contributed by atoms with Gasteiger partial charge in [0.05, 0.1) is 4.92 Å². The number of benzene rings is 1. The average molecular weight is 226 g/mol. The maximum atomic E-state index is 10.2. The molecule has 0 aliphatic heterocycles. The van der Waals surface area contributed by atoms with Gasteiger partial charge in [-0.05, 0) is 30.5 Å². The molecule has 6 heteroatoms. The van der Waals surface area contributed by atoms with E-state index in [0.717, 1.165) is 6.20 Å². The monoisotopic (exact) mass is 226 g/mol. The normalized spacial score (nSPS) is 11.1. The first-order valence-corrected chi connectivity index (χ1v) is 5.29. The van der Waals surface area contributed by atoms with E-state index >= 15 is 0 Å². The van der Waals surface area contributed by atoms with Crippen LogP contribution >= 0.6 is 11.8 Å². The van der Waals surface area contributed by atoms with Crippen LogP contribution in [0.2, 0.25) is 0 Å². The zero-order chi connectivity index (χ0) is 11.3. The SMILES string of the molecule is CSC(=C[N+](=O)[O-])Nc1ccc(O)cc1. The molecule has 0 amide bonds. The number of hydrogen-bond donors (Lipinski definition) is 2. The van der Waals surface area contributed by atoms with Crippen molar-refractivity contribution in [2.24, 2.45) is 0 Å². The largest absolute Gasteiger partial charge is 0.508 e. The standard InChI is InChI=1S/C9H10N2O3S/c1-15-9(6-11(13)14)10-7-2-4-8(12)5-3-7/h2-6,10,12H,1H3. The second-order valence-corrected chi connectivity index (χ2v) is 3.50. The van der Waals surface area contributed by atoms with Gasteiger partial charge in [0.15, 0.2) is 0 Å². The number of nitrogens with one attached hydrogen (secondary N) is 1. The lowest BCUT2D eigenvalue weighted by atomic mass is 10.3. The van der Waals surface area contributed by atoms with Gasteiger partial charge >= 0.3 is 0 Å². The molecule has 1 rings (SSSR count). The van der Waals surface area contributed by atoms with Crippen molar-refractivity contribution in [3.8, 4) is 5.75 Å². The van der Waals surface area contributed by atoms with Crippen LogP contribution in [0.5, 0.6) is 5.75 Å². The second kappa shape index (κ2) is 5.26. The van der Waals surface area contributed by atoms with E-state index in [0.29, 0.717) is 10.7 Å². The van der Waals surface area contributed by atoms with Crippen LogP contribution in [0.15, 0.2) is 35.5 Å². The number of thioether (sulfide) groups is 1. The molecule has 0 saturated heterocycles. The summed E-state index contributed by atoms with van der Waals surface area (Å²) in [5.74, 6) is 0.157. The van der Waals surface area contributed by atoms with E-state index < -0.39 is 4.92 Å². The van der Waals surface area contributed by atoms with E-state index in [1.807, 2.05) is 0 Å². The zero-order valence-corrected chi connectivity index (χ0v) is 8.82. The van der Waals surface area contributed by atoms with Gasteiger partial charge in [0.25, 0.3) is 6.20 Å². The molecule has 1 aromatic carbocycles. The molecule has 80 valence electrons. The van der Waals surface area contributed by atoms with Crippen LogP contribution in [0.4, 0.5) is 5.69 Å². The molecule has 0 bridgehead atoms. The first-order chi connectivity index (χ1) is 7.11. The smallest absolute Gasteiger partial charge is 0.264 e. The van der Waals surface area contributed by atoms with Crippen molar-refractivity contribution in [2.45, 2.75) is 0 Å². The Bertz CT molecular complexity index is 375. The highest BCUT2D eigenvalue weighted by atomic mass is 32.2. The molecule has 0 aromatic heterocycles. The van der Waals surface area contributed by atoms with Gasteiger partial charge in [0.1, 0.15) is 10.8 Å². The summed E-state index contributed by atoms with van der Waals surface area (Å²) in [6.07, 6.45) is 2.64. The second-order valence-electron chi connectivity index (χ2n) is 2.65. The molecule has 0 aliphatic carbocycles. The number of aromatic hydroxyl groups is 1. The van der Waals surface area contributed by atoms with E-state index in [-0.39, 0.29) is 5.75 Å². The fourth-order valence-electron chi connectivity index (χ4n) is 0.919. The summed E-state index contributed by atoms with van der Waals surface area (Å²) in [6.45, 7) is 0. The Morgan fingerprint density at radius 2 is 2.13 bits per heavy atom. The molecule has 0 heterocycles. The summed E-state index contributed by atoms with van der Waals surface area (Å²) < 4.78 is 0. The molecule has 0 radical (unpaired) electrons. The maximum Gasteiger partial charge on any atom is 0.264 e. The Balaban J connectivity index is 2.75. The van der Waals surface area contributed by atoms with E-state index in [9.17, 15) is 10.1 Å². The molecule has 0 aliphatic rings. The maximum absolute atomic E-state index is 10.2. The molecule has 0 unspecified atom stereocenters. The van der Waals surface area contributed by atoms with E-state index in [1.165, 1.54) is 23.9 Å². The summed E-state index contributed by atoms with van der Waals surface area (Å²) in [5, 5.41) is 22.6. The Morgan fingerprint density at radius 1 is 1.53 bits per heavy atom. The molecular formula is C9H10N2O3S. The van der Waals surface area contributed by atoms with Crippen molar-refractivity contribution in [2.75, 3.05) is 11.6 Å². The summed E-state index contributed by atoms with van der Waals surface area (Å²) in [6, 6.07) is 6.29. The molecule has 0 spiro atoms. The van der Waals surface area contributed by atoms with Gasteiger partial charge in [-0.1, -0.05) is 0 Å². The Morgan fingerprint density at radius 3 is 2.60 bits per heavy atom. The summed E-state index contributed by atoms with van der Waals surface area (Å²) in [5.41, 5.74) is 0.690. The number of hydrogen-bond acceptors (Lipinski definition) is 5. The summed E-state index contributed by atoms with van der Waals surface area (Å²) >= 11 is 1.24. The Kier molecular flexibility index (Phi) is 3.99. The molecule has 0 atom stereocenters. The van der Waals surface area contributed by atoms with Crippen molar-refractivity contribution in [3.05, 3.63) is 45.6 Å². The predicted octanol–water partition coefficient (Wildman–Crippen LogP) is 2.24. The topological polar surface area (TPSA) is 75.4 Å². The lowest BCUT2D eigenvalue weighted by molar-refractivity contribution is -0.402. The minimum atomic E-state index is -0.515. The van der Waals surface area contributed by atoms with Crippen molar-refractivity contribution in [1.82, 2.24) is 0 Å². The molecule has 15 heavy (non-hydrogen) atoms. The average Bonchev–Trinajstić information content (AvgIpc) is 2.19. The van der Waals surface area contributed by atoms with Gasteiger partial charge < -0.3 is 10.4 Å². The molecule has 2 N–H and O–H groups in total. The Hall–Kier alpha value is -1.69. The Labute approximate surface area is 91.0 Å². The van der Waals surface area contributed by atoms with Crippen LogP contribution in [0.3, 0.4) is 0 Å². The first-order valence-electron chi connectivity index (χ1n) is 4.07. The summed E-state index contributed by atoms with van der Waals surface area (Å²) in [4.78, 5) is 9.73. The van der Waals surface area contributed by atoms with Gasteiger partial charge in [0, 0.05) is 5.69 Å². The number of nitro groups is 1. The molecule has 0 saturated carbocycles. The highest BCUT2D eigenvalue weighted by molar-refractivity contribution is 8.02. The van der Waals surface area contributed by atoms with Crippen molar-refractivity contribution < 1.29 is 10.0 Å². The number of phenolic OH excluding ortho intramolecular Hbond substituents is 1.